The number of amides is 1. The zero-order valence-electron chi connectivity index (χ0n) is 13.1. The monoisotopic (exact) mass is 307 g/mol. The second-order valence-electron chi connectivity index (χ2n) is 6.25. The average molecular weight is 307 g/mol. The normalized spacial score (nSPS) is 15.6. The Morgan fingerprint density at radius 3 is 2.96 bits per heavy atom. The van der Waals surface area contributed by atoms with Crippen LogP contribution in [0.2, 0.25) is 0 Å². The summed E-state index contributed by atoms with van der Waals surface area (Å²) in [4.78, 5) is 14.6. The first-order valence-electron chi connectivity index (χ1n) is 8.29. The summed E-state index contributed by atoms with van der Waals surface area (Å²) >= 11 is 0. The number of aryl methyl sites for hydroxylation is 2. The molecule has 0 spiro atoms. The van der Waals surface area contributed by atoms with Crippen LogP contribution < -0.4 is 15.5 Å². The number of rotatable bonds is 3. The van der Waals surface area contributed by atoms with Crippen LogP contribution in [0, 0.1) is 0 Å². The number of benzene rings is 2. The lowest BCUT2D eigenvalue weighted by atomic mass is 10.1. The first kappa shape index (κ1) is 14.1. The Kier molecular flexibility index (Phi) is 3.66. The lowest BCUT2D eigenvalue weighted by molar-refractivity contribution is -0.115. The van der Waals surface area contributed by atoms with Crippen molar-refractivity contribution in [2.24, 2.45) is 0 Å². The fourth-order valence-electron chi connectivity index (χ4n) is 3.53. The predicted molar refractivity (Wildman–Crippen MR) is 94.2 cm³/mol. The highest BCUT2D eigenvalue weighted by molar-refractivity contribution is 5.95. The van der Waals surface area contributed by atoms with Crippen molar-refractivity contribution in [2.45, 2.75) is 19.3 Å². The summed E-state index contributed by atoms with van der Waals surface area (Å²) in [6.07, 6.45) is 3.52. The van der Waals surface area contributed by atoms with Crippen LogP contribution in [0.3, 0.4) is 0 Å². The van der Waals surface area contributed by atoms with Crippen LogP contribution in [0.5, 0.6) is 0 Å². The van der Waals surface area contributed by atoms with Gasteiger partial charge in [-0.25, -0.2) is 0 Å². The van der Waals surface area contributed by atoms with Crippen molar-refractivity contribution in [1.82, 2.24) is 0 Å². The van der Waals surface area contributed by atoms with Gasteiger partial charge in [0.05, 0.1) is 17.9 Å². The van der Waals surface area contributed by atoms with E-state index in [1.165, 1.54) is 24.0 Å². The number of para-hydroxylation sites is 2. The maximum atomic E-state index is 12.4. The highest BCUT2D eigenvalue weighted by atomic mass is 16.2. The Balaban J connectivity index is 1.45. The minimum Gasteiger partial charge on any atom is -0.382 e. The maximum Gasteiger partial charge on any atom is 0.243 e. The summed E-state index contributed by atoms with van der Waals surface area (Å²) in [6.45, 7) is 2.09. The summed E-state index contributed by atoms with van der Waals surface area (Å²) in [6, 6.07) is 14.4. The summed E-state index contributed by atoms with van der Waals surface area (Å²) in [5, 5.41) is 6.42. The third-order valence-electron chi connectivity index (χ3n) is 4.66. The van der Waals surface area contributed by atoms with Crippen molar-refractivity contribution in [3.05, 3.63) is 53.6 Å². The van der Waals surface area contributed by atoms with E-state index < -0.39 is 0 Å². The molecule has 0 radical (unpaired) electrons. The molecule has 0 saturated carbocycles. The fourth-order valence-corrected chi connectivity index (χ4v) is 3.53. The number of anilines is 3. The van der Waals surface area contributed by atoms with Gasteiger partial charge in [0.15, 0.2) is 0 Å². The molecule has 0 aromatic heterocycles. The van der Waals surface area contributed by atoms with Crippen molar-refractivity contribution < 1.29 is 4.79 Å². The van der Waals surface area contributed by atoms with Gasteiger partial charge in [0.25, 0.3) is 0 Å². The maximum absolute atomic E-state index is 12.4. The average Bonchev–Trinajstić information content (AvgIpc) is 3.03. The van der Waals surface area contributed by atoms with E-state index in [9.17, 15) is 4.79 Å². The molecule has 0 fully saturated rings. The van der Waals surface area contributed by atoms with Gasteiger partial charge in [-0.3, -0.25) is 4.79 Å². The van der Waals surface area contributed by atoms with Gasteiger partial charge >= 0.3 is 0 Å². The lowest BCUT2D eigenvalue weighted by Crippen LogP contribution is -2.39. The van der Waals surface area contributed by atoms with E-state index >= 15 is 0 Å². The number of carbonyl (C=O) groups excluding carboxylic acids is 1. The third kappa shape index (κ3) is 2.89. The molecule has 118 valence electrons. The lowest BCUT2D eigenvalue weighted by Gasteiger charge is -2.31. The zero-order valence-corrected chi connectivity index (χ0v) is 13.1. The Labute approximate surface area is 136 Å². The van der Waals surface area contributed by atoms with E-state index in [0.29, 0.717) is 6.54 Å². The molecule has 4 nitrogen and oxygen atoms in total. The Morgan fingerprint density at radius 2 is 2.00 bits per heavy atom. The van der Waals surface area contributed by atoms with E-state index in [4.69, 9.17) is 0 Å². The van der Waals surface area contributed by atoms with E-state index in [0.717, 1.165) is 36.6 Å². The van der Waals surface area contributed by atoms with Gasteiger partial charge in [-0.1, -0.05) is 18.2 Å². The van der Waals surface area contributed by atoms with E-state index in [1.807, 2.05) is 18.2 Å². The molecule has 2 aromatic rings. The quantitative estimate of drug-likeness (QED) is 0.916. The molecule has 4 heteroatoms. The predicted octanol–water partition coefficient (Wildman–Crippen LogP) is 3.05. The highest BCUT2D eigenvalue weighted by Gasteiger charge is 2.18. The van der Waals surface area contributed by atoms with Crippen molar-refractivity contribution >= 4 is 23.0 Å². The third-order valence-corrected chi connectivity index (χ3v) is 4.66. The molecule has 1 aliphatic heterocycles. The Bertz CT molecular complexity index is 741. The molecule has 4 rings (SSSR count). The number of nitrogens with zero attached hydrogens (tertiary/aromatic N) is 1. The van der Waals surface area contributed by atoms with Crippen molar-refractivity contribution in [2.75, 3.05) is 35.2 Å². The first-order chi connectivity index (χ1) is 11.3. The second-order valence-corrected chi connectivity index (χ2v) is 6.25. The largest absolute Gasteiger partial charge is 0.382 e. The minimum absolute atomic E-state index is 0.0413. The standard InChI is InChI=1S/C19H21N3O/c23-19(21-16-9-8-14-4-3-5-15(14)12-16)13-22-11-10-20-17-6-1-2-7-18(17)22/h1-2,6-9,12,20H,3-5,10-11,13H2,(H,21,23). The summed E-state index contributed by atoms with van der Waals surface area (Å²) in [5.74, 6) is 0.0413. The van der Waals surface area contributed by atoms with Gasteiger partial charge in [-0.15, -0.1) is 0 Å². The minimum atomic E-state index is 0.0413. The molecule has 0 unspecified atom stereocenters. The number of hydrogen-bond acceptors (Lipinski definition) is 3. The molecule has 2 N–H and O–H groups in total. The smallest absolute Gasteiger partial charge is 0.243 e. The molecule has 23 heavy (non-hydrogen) atoms. The van der Waals surface area contributed by atoms with Crippen LogP contribution in [0.4, 0.5) is 17.1 Å². The van der Waals surface area contributed by atoms with Gasteiger partial charge in [0, 0.05) is 18.8 Å². The van der Waals surface area contributed by atoms with Crippen molar-refractivity contribution in [1.29, 1.82) is 0 Å². The molecule has 1 amide bonds. The van der Waals surface area contributed by atoms with Crippen molar-refractivity contribution in [3.63, 3.8) is 0 Å². The summed E-state index contributed by atoms with van der Waals surface area (Å²) in [7, 11) is 0. The molecule has 0 bridgehead atoms. The Hall–Kier alpha value is -2.49. The van der Waals surface area contributed by atoms with Crippen LogP contribution in [-0.4, -0.2) is 25.5 Å². The van der Waals surface area contributed by atoms with Gasteiger partial charge in [0.2, 0.25) is 5.91 Å². The van der Waals surface area contributed by atoms with Crippen LogP contribution in [0.1, 0.15) is 17.5 Å². The highest BCUT2D eigenvalue weighted by Crippen LogP contribution is 2.28. The van der Waals surface area contributed by atoms with E-state index in [-0.39, 0.29) is 5.91 Å². The van der Waals surface area contributed by atoms with Crippen LogP contribution in [0.25, 0.3) is 0 Å². The molecule has 0 saturated heterocycles. The number of fused-ring (bicyclic) bond motifs is 2. The molecular formula is C19H21N3O. The van der Waals surface area contributed by atoms with Gasteiger partial charge in [-0.05, 0) is 54.7 Å². The van der Waals surface area contributed by atoms with E-state index in [1.54, 1.807) is 0 Å². The first-order valence-corrected chi connectivity index (χ1v) is 8.29. The van der Waals surface area contributed by atoms with Gasteiger partial charge in [-0.2, -0.15) is 0 Å². The SMILES string of the molecule is O=C(CN1CCNc2ccccc21)Nc1ccc2c(c1)CCC2. The van der Waals surface area contributed by atoms with Crippen LogP contribution in [0.15, 0.2) is 42.5 Å². The second kappa shape index (κ2) is 5.95. The number of hydrogen-bond donors (Lipinski definition) is 2. The molecular weight excluding hydrogens is 286 g/mol. The van der Waals surface area contributed by atoms with Crippen molar-refractivity contribution in [3.8, 4) is 0 Å². The van der Waals surface area contributed by atoms with E-state index in [2.05, 4.69) is 39.8 Å². The van der Waals surface area contributed by atoms with Gasteiger partial charge in [0.1, 0.15) is 0 Å². The number of carbonyl (C=O) groups is 1. The molecule has 2 aliphatic rings. The molecule has 1 aliphatic carbocycles. The molecule has 1 heterocycles. The van der Waals surface area contributed by atoms with Gasteiger partial charge < -0.3 is 15.5 Å². The topological polar surface area (TPSA) is 44.4 Å². The summed E-state index contributed by atoms with van der Waals surface area (Å²) in [5.41, 5.74) is 5.93. The summed E-state index contributed by atoms with van der Waals surface area (Å²) < 4.78 is 0. The van der Waals surface area contributed by atoms with Crippen LogP contribution >= 0.6 is 0 Å². The zero-order chi connectivity index (χ0) is 15.6. The molecule has 2 aromatic carbocycles. The fraction of sp³-hybridized carbons (Fsp3) is 0.316. The number of nitrogens with one attached hydrogen (secondary N) is 2. The van der Waals surface area contributed by atoms with Crippen LogP contribution in [-0.2, 0) is 17.6 Å². The Morgan fingerprint density at radius 1 is 1.13 bits per heavy atom. The molecule has 0 atom stereocenters.